The van der Waals surface area contributed by atoms with Crippen molar-refractivity contribution in [3.8, 4) is 5.88 Å². The molecular weight excluding hydrogens is 284 g/mol. The van der Waals surface area contributed by atoms with Crippen molar-refractivity contribution in [2.45, 2.75) is 37.8 Å². The zero-order chi connectivity index (χ0) is 15.4. The summed E-state index contributed by atoms with van der Waals surface area (Å²) in [6.45, 7) is 2.21. The molecule has 22 heavy (non-hydrogen) atoms. The minimum Gasteiger partial charge on any atom is -0.478 e. The zero-order valence-corrected chi connectivity index (χ0v) is 12.8. The lowest BCUT2D eigenvalue weighted by atomic mass is 10.0. The summed E-state index contributed by atoms with van der Waals surface area (Å²) >= 11 is 0. The molecule has 1 aromatic rings. The van der Waals surface area contributed by atoms with E-state index in [2.05, 4.69) is 15.3 Å². The highest BCUT2D eigenvalue weighted by Crippen LogP contribution is 2.23. The van der Waals surface area contributed by atoms with Crippen LogP contribution >= 0.6 is 0 Å². The number of amides is 1. The van der Waals surface area contributed by atoms with Gasteiger partial charge in [0.15, 0.2) is 5.82 Å². The predicted octanol–water partition coefficient (Wildman–Crippen LogP) is 1.07. The topological polar surface area (TPSA) is 76.6 Å². The van der Waals surface area contributed by atoms with Gasteiger partial charge in [-0.05, 0) is 25.7 Å². The molecule has 0 radical (unpaired) electrons. The quantitative estimate of drug-likeness (QED) is 0.896. The van der Waals surface area contributed by atoms with Crippen molar-refractivity contribution < 1.29 is 14.3 Å². The molecule has 2 fully saturated rings. The first-order chi connectivity index (χ1) is 10.8. The number of ether oxygens (including phenoxy) is 2. The van der Waals surface area contributed by atoms with Gasteiger partial charge in [0.25, 0.3) is 11.8 Å². The van der Waals surface area contributed by atoms with Crippen molar-refractivity contribution in [1.82, 2.24) is 14.9 Å². The third-order valence-corrected chi connectivity index (χ3v) is 4.21. The number of likely N-dealkylation sites (tertiary alicyclic amines) is 1. The fraction of sp³-hybridized carbons (Fsp3) is 0.667. The van der Waals surface area contributed by atoms with E-state index in [9.17, 15) is 4.79 Å². The van der Waals surface area contributed by atoms with Crippen molar-refractivity contribution in [3.05, 3.63) is 12.4 Å². The fourth-order valence-electron chi connectivity index (χ4n) is 2.99. The van der Waals surface area contributed by atoms with Gasteiger partial charge in [-0.1, -0.05) is 0 Å². The van der Waals surface area contributed by atoms with Crippen molar-refractivity contribution in [2.75, 3.05) is 32.1 Å². The molecule has 0 saturated carbocycles. The van der Waals surface area contributed by atoms with Crippen molar-refractivity contribution in [2.24, 2.45) is 0 Å². The number of nitrogens with one attached hydrogen (secondary N) is 1. The second-order valence-electron chi connectivity index (χ2n) is 5.66. The summed E-state index contributed by atoms with van der Waals surface area (Å²) < 4.78 is 10.7. The molecule has 7 heteroatoms. The van der Waals surface area contributed by atoms with Crippen LogP contribution in [0.3, 0.4) is 0 Å². The second-order valence-corrected chi connectivity index (χ2v) is 5.66. The Bertz CT molecular complexity index is 511. The molecule has 3 rings (SSSR count). The number of hydrogen-bond acceptors (Lipinski definition) is 6. The smallest absolute Gasteiger partial charge is 0.257 e. The van der Waals surface area contributed by atoms with Crippen LogP contribution in [0.1, 0.15) is 25.7 Å². The summed E-state index contributed by atoms with van der Waals surface area (Å²) in [4.78, 5) is 22.6. The normalized spacial score (nSPS) is 22.6. The molecule has 3 heterocycles. The maximum atomic E-state index is 12.3. The molecule has 7 nitrogen and oxygen atoms in total. The summed E-state index contributed by atoms with van der Waals surface area (Å²) in [7, 11) is 1.58. The molecular formula is C15H22N4O3. The number of anilines is 1. The van der Waals surface area contributed by atoms with E-state index in [1.807, 2.05) is 4.90 Å². The lowest BCUT2D eigenvalue weighted by molar-refractivity contribution is -0.141. The van der Waals surface area contributed by atoms with Crippen LogP contribution in [-0.2, 0) is 9.53 Å². The summed E-state index contributed by atoms with van der Waals surface area (Å²) in [5.41, 5.74) is 0. The lowest BCUT2D eigenvalue weighted by Gasteiger charge is -2.33. The van der Waals surface area contributed by atoms with Gasteiger partial charge >= 0.3 is 0 Å². The first kappa shape index (κ1) is 15.0. The number of nitrogens with zero attached hydrogens (tertiary/aromatic N) is 3. The molecule has 0 aliphatic carbocycles. The maximum Gasteiger partial charge on any atom is 0.257 e. The van der Waals surface area contributed by atoms with Gasteiger partial charge in [0, 0.05) is 38.1 Å². The molecule has 2 saturated heterocycles. The zero-order valence-electron chi connectivity index (χ0n) is 12.8. The Hall–Kier alpha value is -1.89. The highest BCUT2D eigenvalue weighted by Gasteiger charge is 2.31. The van der Waals surface area contributed by atoms with Gasteiger partial charge in [-0.2, -0.15) is 0 Å². The van der Waals surface area contributed by atoms with Gasteiger partial charge in [0.1, 0.15) is 6.10 Å². The molecule has 2 aliphatic rings. The number of carbonyl (C=O) groups is 1. The maximum absolute atomic E-state index is 12.3. The summed E-state index contributed by atoms with van der Waals surface area (Å²) in [5, 5.41) is 3.36. The van der Waals surface area contributed by atoms with Gasteiger partial charge in [0.05, 0.1) is 7.11 Å². The van der Waals surface area contributed by atoms with Gasteiger partial charge in [0.2, 0.25) is 0 Å². The summed E-state index contributed by atoms with van der Waals surface area (Å²) in [6.07, 6.45) is 6.64. The number of hydrogen-bond donors (Lipinski definition) is 1. The van der Waals surface area contributed by atoms with Crippen LogP contribution in [0, 0.1) is 0 Å². The Labute approximate surface area is 130 Å². The van der Waals surface area contributed by atoms with Crippen LogP contribution in [-0.4, -0.2) is 59.7 Å². The molecule has 1 N–H and O–H groups in total. The van der Waals surface area contributed by atoms with E-state index in [-0.39, 0.29) is 18.1 Å². The highest BCUT2D eigenvalue weighted by molar-refractivity contribution is 5.81. The largest absolute Gasteiger partial charge is 0.478 e. The highest BCUT2D eigenvalue weighted by atomic mass is 16.5. The van der Waals surface area contributed by atoms with Gasteiger partial charge in [-0.25, -0.2) is 9.97 Å². The van der Waals surface area contributed by atoms with E-state index >= 15 is 0 Å². The number of carbonyl (C=O) groups excluding carboxylic acids is 1. The van der Waals surface area contributed by atoms with E-state index in [1.165, 1.54) is 0 Å². The van der Waals surface area contributed by atoms with Crippen LogP contribution in [0.5, 0.6) is 5.88 Å². The van der Waals surface area contributed by atoms with Gasteiger partial charge < -0.3 is 19.7 Å². The molecule has 0 spiro atoms. The fourth-order valence-corrected chi connectivity index (χ4v) is 2.99. The minimum atomic E-state index is -0.218. The van der Waals surface area contributed by atoms with E-state index in [1.54, 1.807) is 19.5 Å². The Morgan fingerprint density at radius 1 is 1.32 bits per heavy atom. The average Bonchev–Trinajstić information content (AvgIpc) is 3.10. The van der Waals surface area contributed by atoms with E-state index in [4.69, 9.17) is 9.47 Å². The van der Waals surface area contributed by atoms with Crippen molar-refractivity contribution >= 4 is 11.7 Å². The number of methoxy groups -OCH3 is 1. The lowest BCUT2D eigenvalue weighted by Crippen LogP contribution is -2.46. The molecule has 1 amide bonds. The molecule has 0 unspecified atom stereocenters. The van der Waals surface area contributed by atoms with Crippen LogP contribution < -0.4 is 10.1 Å². The first-order valence-electron chi connectivity index (χ1n) is 7.80. The Morgan fingerprint density at radius 3 is 2.77 bits per heavy atom. The molecule has 120 valence electrons. The van der Waals surface area contributed by atoms with Gasteiger partial charge in [-0.3, -0.25) is 4.79 Å². The van der Waals surface area contributed by atoms with Crippen molar-refractivity contribution in [3.63, 3.8) is 0 Å². The number of aromatic nitrogens is 2. The Morgan fingerprint density at radius 2 is 2.09 bits per heavy atom. The van der Waals surface area contributed by atoms with E-state index < -0.39 is 0 Å². The summed E-state index contributed by atoms with van der Waals surface area (Å²) in [5.74, 6) is 1.31. The third-order valence-electron chi connectivity index (χ3n) is 4.21. The standard InChI is InChI=1S/C15H22N4O3/c1-21-14-13(16-6-7-17-14)18-11-4-8-19(9-5-11)15(20)12-3-2-10-22-12/h6-7,11-12H,2-5,8-10H2,1H3,(H,16,18)/t12-/m1/s1. The number of piperidine rings is 1. The second kappa shape index (κ2) is 6.91. The average molecular weight is 306 g/mol. The van der Waals surface area contributed by atoms with Crippen LogP contribution in [0.25, 0.3) is 0 Å². The third kappa shape index (κ3) is 3.30. The van der Waals surface area contributed by atoms with Crippen LogP contribution in [0.2, 0.25) is 0 Å². The molecule has 0 aromatic carbocycles. The predicted molar refractivity (Wildman–Crippen MR) is 80.8 cm³/mol. The van der Waals surface area contributed by atoms with E-state index in [0.29, 0.717) is 18.3 Å². The summed E-state index contributed by atoms with van der Waals surface area (Å²) in [6, 6.07) is 0.277. The van der Waals surface area contributed by atoms with Crippen LogP contribution in [0.15, 0.2) is 12.4 Å². The van der Waals surface area contributed by atoms with E-state index in [0.717, 1.165) is 38.8 Å². The molecule has 0 bridgehead atoms. The minimum absolute atomic E-state index is 0.146. The Kier molecular flexibility index (Phi) is 4.72. The van der Waals surface area contributed by atoms with Crippen molar-refractivity contribution in [1.29, 1.82) is 0 Å². The molecule has 1 aromatic heterocycles. The Balaban J connectivity index is 1.52. The monoisotopic (exact) mass is 306 g/mol. The van der Waals surface area contributed by atoms with Gasteiger partial charge in [-0.15, -0.1) is 0 Å². The SMILES string of the molecule is COc1nccnc1NC1CCN(C(=O)[C@H]2CCCO2)CC1. The number of rotatable bonds is 4. The first-order valence-corrected chi connectivity index (χ1v) is 7.80. The molecule has 2 aliphatic heterocycles. The van der Waals surface area contributed by atoms with Crippen LogP contribution in [0.4, 0.5) is 5.82 Å². The molecule has 1 atom stereocenters.